The van der Waals surface area contributed by atoms with E-state index >= 15 is 0 Å². The predicted octanol–water partition coefficient (Wildman–Crippen LogP) is 5.14. The molecule has 0 saturated heterocycles. The first-order valence-electron chi connectivity index (χ1n) is 8.55. The van der Waals surface area contributed by atoms with Crippen LogP contribution in [0.3, 0.4) is 0 Å². The van der Waals surface area contributed by atoms with E-state index < -0.39 is 0 Å². The number of hydrogen-bond acceptors (Lipinski definition) is 1. The van der Waals surface area contributed by atoms with E-state index in [9.17, 15) is 0 Å². The predicted molar refractivity (Wildman–Crippen MR) is 88.3 cm³/mol. The molecule has 0 aliphatic carbocycles. The van der Waals surface area contributed by atoms with Crippen molar-refractivity contribution in [3.63, 3.8) is 0 Å². The molecule has 1 aliphatic rings. The van der Waals surface area contributed by atoms with E-state index in [1.165, 1.54) is 58.2 Å². The van der Waals surface area contributed by atoms with Gasteiger partial charge < -0.3 is 0 Å². The van der Waals surface area contributed by atoms with Gasteiger partial charge in [-0.15, -0.1) is 0 Å². The summed E-state index contributed by atoms with van der Waals surface area (Å²) < 4.78 is 0. The van der Waals surface area contributed by atoms with E-state index in [2.05, 4.69) is 43.9 Å². The lowest BCUT2D eigenvalue weighted by Crippen LogP contribution is -2.32. The molecule has 0 bridgehead atoms. The first-order chi connectivity index (χ1) is 9.72. The monoisotopic (exact) mass is 273 g/mol. The van der Waals surface area contributed by atoms with Crippen LogP contribution >= 0.6 is 0 Å². The van der Waals surface area contributed by atoms with Crippen LogP contribution < -0.4 is 0 Å². The normalized spacial score (nSPS) is 15.6. The van der Waals surface area contributed by atoms with Gasteiger partial charge in [0.25, 0.3) is 0 Å². The number of nitrogens with zero attached hydrogens (tertiary/aromatic N) is 1. The van der Waals surface area contributed by atoms with E-state index in [0.29, 0.717) is 5.92 Å². The molecule has 0 saturated carbocycles. The molecule has 2 rings (SSSR count). The van der Waals surface area contributed by atoms with Crippen LogP contribution in [0.25, 0.3) is 0 Å². The van der Waals surface area contributed by atoms with Crippen LogP contribution in [0.4, 0.5) is 0 Å². The van der Waals surface area contributed by atoms with E-state index in [1.54, 1.807) is 16.7 Å². The maximum Gasteiger partial charge on any atom is 0.0239 e. The van der Waals surface area contributed by atoms with Crippen LogP contribution in [0.1, 0.15) is 75.5 Å². The molecule has 0 aromatic heterocycles. The minimum atomic E-state index is 0.648. The largest absolute Gasteiger partial charge is 0.299 e. The van der Waals surface area contributed by atoms with E-state index in [-0.39, 0.29) is 0 Å². The fourth-order valence-electron chi connectivity index (χ4n) is 3.33. The first kappa shape index (κ1) is 15.6. The lowest BCUT2D eigenvalue weighted by molar-refractivity contribution is 0.247. The maximum atomic E-state index is 2.67. The Kier molecular flexibility index (Phi) is 6.09. The smallest absolute Gasteiger partial charge is 0.0239 e. The minimum Gasteiger partial charge on any atom is -0.299 e. The van der Waals surface area contributed by atoms with Crippen molar-refractivity contribution in [2.45, 2.75) is 71.8 Å². The molecule has 0 unspecified atom stereocenters. The topological polar surface area (TPSA) is 3.24 Å². The van der Waals surface area contributed by atoms with Crippen molar-refractivity contribution < 1.29 is 0 Å². The van der Waals surface area contributed by atoms with E-state index in [4.69, 9.17) is 0 Å². The molecule has 112 valence electrons. The Morgan fingerprint density at radius 1 is 1.10 bits per heavy atom. The SMILES string of the molecule is CCCCCCCN1CCc2cccc(C(C)C)c2C1. The molecule has 0 N–H and O–H groups in total. The maximum absolute atomic E-state index is 2.67. The Morgan fingerprint density at radius 2 is 1.90 bits per heavy atom. The Morgan fingerprint density at radius 3 is 2.65 bits per heavy atom. The second kappa shape index (κ2) is 7.83. The van der Waals surface area contributed by atoms with Crippen LogP contribution in [0, 0.1) is 0 Å². The van der Waals surface area contributed by atoms with Crippen molar-refractivity contribution in [1.82, 2.24) is 4.90 Å². The third-order valence-corrected chi connectivity index (χ3v) is 4.59. The molecule has 1 aromatic carbocycles. The summed E-state index contributed by atoms with van der Waals surface area (Å²) in [6, 6.07) is 6.91. The van der Waals surface area contributed by atoms with Crippen molar-refractivity contribution >= 4 is 0 Å². The van der Waals surface area contributed by atoms with Crippen molar-refractivity contribution in [2.24, 2.45) is 0 Å². The van der Waals surface area contributed by atoms with Crippen LogP contribution in [0.5, 0.6) is 0 Å². The molecule has 0 amide bonds. The van der Waals surface area contributed by atoms with Gasteiger partial charge >= 0.3 is 0 Å². The Hall–Kier alpha value is -0.820. The van der Waals surface area contributed by atoms with Gasteiger partial charge in [-0.05, 0) is 42.0 Å². The molecule has 1 nitrogen and oxygen atoms in total. The summed E-state index contributed by atoms with van der Waals surface area (Å²) in [4.78, 5) is 2.67. The Labute approximate surface area is 125 Å². The number of hydrogen-bond donors (Lipinski definition) is 0. The van der Waals surface area contributed by atoms with Crippen molar-refractivity contribution in [2.75, 3.05) is 13.1 Å². The molecule has 0 atom stereocenters. The number of rotatable bonds is 7. The van der Waals surface area contributed by atoms with Gasteiger partial charge in [-0.1, -0.05) is 64.7 Å². The molecule has 0 fully saturated rings. The highest BCUT2D eigenvalue weighted by Gasteiger charge is 2.19. The van der Waals surface area contributed by atoms with Gasteiger partial charge in [0.15, 0.2) is 0 Å². The molecule has 0 spiro atoms. The quantitative estimate of drug-likeness (QED) is 0.622. The fraction of sp³-hybridized carbons (Fsp3) is 0.684. The van der Waals surface area contributed by atoms with Gasteiger partial charge in [0.1, 0.15) is 0 Å². The van der Waals surface area contributed by atoms with Gasteiger partial charge in [-0.2, -0.15) is 0 Å². The second-order valence-electron chi connectivity index (χ2n) is 6.58. The molecule has 0 radical (unpaired) electrons. The average Bonchev–Trinajstić information content (AvgIpc) is 2.46. The van der Waals surface area contributed by atoms with E-state index in [0.717, 1.165) is 0 Å². The van der Waals surface area contributed by atoms with Gasteiger partial charge in [0.05, 0.1) is 0 Å². The number of unbranched alkanes of at least 4 members (excludes halogenated alkanes) is 4. The summed E-state index contributed by atoms with van der Waals surface area (Å²) in [5, 5.41) is 0. The van der Waals surface area contributed by atoms with Crippen LogP contribution in [-0.2, 0) is 13.0 Å². The first-order valence-corrected chi connectivity index (χ1v) is 8.55. The third-order valence-electron chi connectivity index (χ3n) is 4.59. The lowest BCUT2D eigenvalue weighted by Gasteiger charge is -2.31. The third kappa shape index (κ3) is 4.09. The van der Waals surface area contributed by atoms with Crippen LogP contribution in [0.2, 0.25) is 0 Å². The van der Waals surface area contributed by atoms with E-state index in [1.807, 2.05) is 0 Å². The molecule has 1 aromatic rings. The zero-order valence-electron chi connectivity index (χ0n) is 13.6. The molecular formula is C19H31N. The average molecular weight is 273 g/mol. The molecular weight excluding hydrogens is 242 g/mol. The zero-order valence-corrected chi connectivity index (χ0v) is 13.6. The standard InChI is InChI=1S/C19H31N/c1-4-5-6-7-8-13-20-14-12-17-10-9-11-18(16(2)3)19(17)15-20/h9-11,16H,4-8,12-15H2,1-3H3. The highest BCUT2D eigenvalue weighted by atomic mass is 15.1. The lowest BCUT2D eigenvalue weighted by atomic mass is 9.89. The highest BCUT2D eigenvalue weighted by Crippen LogP contribution is 2.27. The number of benzene rings is 1. The summed E-state index contributed by atoms with van der Waals surface area (Å²) >= 11 is 0. The van der Waals surface area contributed by atoms with Crippen LogP contribution in [-0.4, -0.2) is 18.0 Å². The van der Waals surface area contributed by atoms with Crippen molar-refractivity contribution in [3.8, 4) is 0 Å². The van der Waals surface area contributed by atoms with Crippen molar-refractivity contribution in [1.29, 1.82) is 0 Å². The summed E-state index contributed by atoms with van der Waals surface area (Å²) in [6.07, 6.45) is 8.18. The fourth-order valence-corrected chi connectivity index (χ4v) is 3.33. The second-order valence-corrected chi connectivity index (χ2v) is 6.58. The Balaban J connectivity index is 1.89. The summed E-state index contributed by atoms with van der Waals surface area (Å²) in [5.74, 6) is 0.648. The van der Waals surface area contributed by atoms with Gasteiger partial charge in [-0.3, -0.25) is 4.90 Å². The minimum absolute atomic E-state index is 0.648. The summed E-state index contributed by atoms with van der Waals surface area (Å²) in [6.45, 7) is 10.6. The highest BCUT2D eigenvalue weighted by molar-refractivity contribution is 5.38. The molecule has 1 heteroatoms. The van der Waals surface area contributed by atoms with Gasteiger partial charge in [0, 0.05) is 13.1 Å². The van der Waals surface area contributed by atoms with Gasteiger partial charge in [0.2, 0.25) is 0 Å². The van der Waals surface area contributed by atoms with Gasteiger partial charge in [-0.25, -0.2) is 0 Å². The van der Waals surface area contributed by atoms with Crippen LogP contribution in [0.15, 0.2) is 18.2 Å². The number of fused-ring (bicyclic) bond motifs is 1. The summed E-state index contributed by atoms with van der Waals surface area (Å²) in [5.41, 5.74) is 4.79. The molecule has 20 heavy (non-hydrogen) atoms. The zero-order chi connectivity index (χ0) is 14.4. The van der Waals surface area contributed by atoms with Crippen molar-refractivity contribution in [3.05, 3.63) is 34.9 Å². The molecule has 1 heterocycles. The Bertz CT molecular complexity index is 408. The summed E-state index contributed by atoms with van der Waals surface area (Å²) in [7, 11) is 0. The molecule has 1 aliphatic heterocycles.